The molecule has 100 valence electrons. The molecule has 19 heavy (non-hydrogen) atoms. The number of rotatable bonds is 5. The first-order chi connectivity index (χ1) is 9.16. The Labute approximate surface area is 114 Å². The van der Waals surface area contributed by atoms with Crippen LogP contribution >= 0.6 is 0 Å². The van der Waals surface area contributed by atoms with Gasteiger partial charge in [-0.1, -0.05) is 18.2 Å². The monoisotopic (exact) mass is 257 g/mol. The summed E-state index contributed by atoms with van der Waals surface area (Å²) >= 11 is 0. The highest BCUT2D eigenvalue weighted by Gasteiger charge is 2.10. The van der Waals surface area contributed by atoms with E-state index in [1.807, 2.05) is 18.2 Å². The van der Waals surface area contributed by atoms with E-state index in [-0.39, 0.29) is 11.8 Å². The van der Waals surface area contributed by atoms with E-state index in [1.54, 1.807) is 24.3 Å². The van der Waals surface area contributed by atoms with Crippen LogP contribution in [0.15, 0.2) is 54.6 Å². The van der Waals surface area contributed by atoms with Gasteiger partial charge in [0.1, 0.15) is 18.1 Å². The minimum Gasteiger partial charge on any atom is -0.508 e. The molecule has 0 saturated heterocycles. The lowest BCUT2D eigenvalue weighted by Crippen LogP contribution is -2.33. The summed E-state index contributed by atoms with van der Waals surface area (Å²) in [6.45, 7) is 2.71. The van der Waals surface area contributed by atoms with Gasteiger partial charge in [0.15, 0.2) is 0 Å². The third kappa shape index (κ3) is 3.65. The molecule has 0 heterocycles. The Kier molecular flexibility index (Phi) is 4.29. The summed E-state index contributed by atoms with van der Waals surface area (Å²) in [6, 6.07) is 17.3. The van der Waals surface area contributed by atoms with Crippen molar-refractivity contribution in [3.05, 3.63) is 54.6 Å². The first-order valence-corrected chi connectivity index (χ1v) is 6.36. The number of likely N-dealkylation sites (N-methyl/N-ethyl adjacent to an activating group) is 1. The van der Waals surface area contributed by atoms with Gasteiger partial charge in [-0.05, 0) is 43.3 Å². The van der Waals surface area contributed by atoms with Gasteiger partial charge >= 0.3 is 0 Å². The predicted molar refractivity (Wildman–Crippen MR) is 77.9 cm³/mol. The van der Waals surface area contributed by atoms with Gasteiger partial charge in [0.05, 0.1) is 6.04 Å². The van der Waals surface area contributed by atoms with Gasteiger partial charge in [-0.25, -0.2) is 0 Å². The van der Waals surface area contributed by atoms with Crippen LogP contribution in [0.2, 0.25) is 0 Å². The number of ether oxygens (including phenoxy) is 1. The predicted octanol–water partition coefficient (Wildman–Crippen LogP) is 3.30. The van der Waals surface area contributed by atoms with Crippen molar-refractivity contribution < 1.29 is 9.84 Å². The van der Waals surface area contributed by atoms with Crippen molar-refractivity contribution in [2.75, 3.05) is 18.6 Å². The molecule has 1 N–H and O–H groups in total. The number of para-hydroxylation sites is 1. The highest BCUT2D eigenvalue weighted by molar-refractivity contribution is 5.46. The lowest BCUT2D eigenvalue weighted by molar-refractivity contribution is 0.292. The van der Waals surface area contributed by atoms with E-state index in [4.69, 9.17) is 4.74 Å². The largest absolute Gasteiger partial charge is 0.508 e. The Morgan fingerprint density at radius 2 is 1.68 bits per heavy atom. The normalized spacial score (nSPS) is 11.9. The topological polar surface area (TPSA) is 32.7 Å². The molecule has 0 aromatic heterocycles. The molecule has 0 aliphatic rings. The Balaban J connectivity index is 1.90. The van der Waals surface area contributed by atoms with Crippen molar-refractivity contribution in [2.45, 2.75) is 13.0 Å². The Hall–Kier alpha value is -2.16. The van der Waals surface area contributed by atoms with Crippen LogP contribution < -0.4 is 9.64 Å². The van der Waals surface area contributed by atoms with E-state index >= 15 is 0 Å². The third-order valence-electron chi connectivity index (χ3n) is 3.15. The molecule has 2 aromatic carbocycles. The van der Waals surface area contributed by atoms with Crippen LogP contribution in [0.25, 0.3) is 0 Å². The number of aromatic hydroxyl groups is 1. The smallest absolute Gasteiger partial charge is 0.119 e. The number of hydrogen-bond acceptors (Lipinski definition) is 3. The summed E-state index contributed by atoms with van der Waals surface area (Å²) in [5.41, 5.74) is 1.17. The second-order valence-electron chi connectivity index (χ2n) is 4.60. The molecule has 3 nitrogen and oxygen atoms in total. The van der Waals surface area contributed by atoms with Crippen LogP contribution in [0.3, 0.4) is 0 Å². The van der Waals surface area contributed by atoms with E-state index in [0.29, 0.717) is 6.61 Å². The average Bonchev–Trinajstić information content (AvgIpc) is 2.46. The third-order valence-corrected chi connectivity index (χ3v) is 3.15. The average molecular weight is 257 g/mol. The van der Waals surface area contributed by atoms with Crippen molar-refractivity contribution in [3.63, 3.8) is 0 Å². The minimum atomic E-state index is 0.252. The SMILES string of the molecule is CC(COc1ccc(O)cc1)N(C)c1ccccc1. The Morgan fingerprint density at radius 1 is 1.05 bits per heavy atom. The fourth-order valence-corrected chi connectivity index (χ4v) is 1.79. The summed E-state index contributed by atoms with van der Waals surface area (Å²) in [6.07, 6.45) is 0. The summed E-state index contributed by atoms with van der Waals surface area (Å²) < 4.78 is 5.71. The number of phenols is 1. The van der Waals surface area contributed by atoms with Gasteiger partial charge in [0.2, 0.25) is 0 Å². The number of phenolic OH excluding ortho intramolecular Hbond substituents is 1. The first-order valence-electron chi connectivity index (χ1n) is 6.36. The van der Waals surface area contributed by atoms with Gasteiger partial charge < -0.3 is 14.7 Å². The molecule has 0 radical (unpaired) electrons. The maximum absolute atomic E-state index is 9.21. The second-order valence-corrected chi connectivity index (χ2v) is 4.60. The zero-order valence-electron chi connectivity index (χ0n) is 11.3. The molecule has 0 spiro atoms. The zero-order chi connectivity index (χ0) is 13.7. The van der Waals surface area contributed by atoms with Gasteiger partial charge in [-0.2, -0.15) is 0 Å². The quantitative estimate of drug-likeness (QED) is 0.892. The van der Waals surface area contributed by atoms with Crippen molar-refractivity contribution >= 4 is 5.69 Å². The fraction of sp³-hybridized carbons (Fsp3) is 0.250. The van der Waals surface area contributed by atoms with Crippen LogP contribution in [0.4, 0.5) is 5.69 Å². The molecule has 1 atom stereocenters. The van der Waals surface area contributed by atoms with Crippen molar-refractivity contribution in [1.82, 2.24) is 0 Å². The summed E-state index contributed by atoms with van der Waals surface area (Å²) in [4.78, 5) is 2.18. The van der Waals surface area contributed by atoms with Crippen molar-refractivity contribution in [3.8, 4) is 11.5 Å². The highest BCUT2D eigenvalue weighted by atomic mass is 16.5. The van der Waals surface area contributed by atoms with Crippen LogP contribution in [-0.4, -0.2) is 24.8 Å². The molecular formula is C16H19NO2. The Bertz CT molecular complexity index is 496. The van der Waals surface area contributed by atoms with Crippen LogP contribution in [0, 0.1) is 0 Å². The molecular weight excluding hydrogens is 238 g/mol. The number of anilines is 1. The standard InChI is InChI=1S/C16H19NO2/c1-13(17(2)14-6-4-3-5-7-14)12-19-16-10-8-15(18)9-11-16/h3-11,13,18H,12H2,1-2H3. The molecule has 1 unspecified atom stereocenters. The fourth-order valence-electron chi connectivity index (χ4n) is 1.79. The van der Waals surface area contributed by atoms with E-state index < -0.39 is 0 Å². The number of hydrogen-bond donors (Lipinski definition) is 1. The van der Waals surface area contributed by atoms with E-state index in [0.717, 1.165) is 5.75 Å². The summed E-state index contributed by atoms with van der Waals surface area (Å²) in [7, 11) is 2.06. The summed E-state index contributed by atoms with van der Waals surface area (Å²) in [5, 5.41) is 9.21. The number of benzene rings is 2. The Morgan fingerprint density at radius 3 is 2.32 bits per heavy atom. The minimum absolute atomic E-state index is 0.252. The lowest BCUT2D eigenvalue weighted by atomic mass is 10.2. The highest BCUT2D eigenvalue weighted by Crippen LogP contribution is 2.18. The molecule has 0 bridgehead atoms. The molecule has 0 aliphatic carbocycles. The zero-order valence-corrected chi connectivity index (χ0v) is 11.3. The molecule has 3 heteroatoms. The first kappa shape index (κ1) is 13.3. The lowest BCUT2D eigenvalue weighted by Gasteiger charge is -2.27. The maximum atomic E-state index is 9.21. The molecule has 2 aromatic rings. The molecule has 0 amide bonds. The van der Waals surface area contributed by atoms with Gasteiger partial charge in [-0.15, -0.1) is 0 Å². The van der Waals surface area contributed by atoms with E-state index in [1.165, 1.54) is 5.69 Å². The van der Waals surface area contributed by atoms with Crippen LogP contribution in [0.5, 0.6) is 11.5 Å². The van der Waals surface area contributed by atoms with Crippen molar-refractivity contribution in [2.24, 2.45) is 0 Å². The van der Waals surface area contributed by atoms with Crippen LogP contribution in [-0.2, 0) is 0 Å². The molecule has 0 saturated carbocycles. The number of nitrogens with zero attached hydrogens (tertiary/aromatic N) is 1. The van der Waals surface area contributed by atoms with Gasteiger partial charge in [0, 0.05) is 12.7 Å². The van der Waals surface area contributed by atoms with E-state index in [2.05, 4.69) is 31.0 Å². The van der Waals surface area contributed by atoms with Gasteiger partial charge in [-0.3, -0.25) is 0 Å². The second kappa shape index (κ2) is 6.14. The molecule has 0 aliphatic heterocycles. The molecule has 0 fully saturated rings. The maximum Gasteiger partial charge on any atom is 0.119 e. The van der Waals surface area contributed by atoms with Crippen LogP contribution in [0.1, 0.15) is 6.92 Å². The molecule has 2 rings (SSSR count). The summed E-state index contributed by atoms with van der Waals surface area (Å²) in [5.74, 6) is 1.02. The van der Waals surface area contributed by atoms with E-state index in [9.17, 15) is 5.11 Å². The van der Waals surface area contributed by atoms with Gasteiger partial charge in [0.25, 0.3) is 0 Å². The van der Waals surface area contributed by atoms with Crippen molar-refractivity contribution in [1.29, 1.82) is 0 Å².